The maximum Gasteiger partial charge on any atom is 0.269 e. The number of rotatable bonds is 6. The molecule has 1 amide bonds. The van der Waals surface area contributed by atoms with Gasteiger partial charge in [-0.2, -0.15) is 5.10 Å². The van der Waals surface area contributed by atoms with E-state index in [4.69, 9.17) is 11.6 Å². The van der Waals surface area contributed by atoms with Gasteiger partial charge in [-0.3, -0.25) is 9.48 Å². The molecule has 1 aromatic heterocycles. The van der Waals surface area contributed by atoms with Crippen molar-refractivity contribution in [2.24, 2.45) is 5.41 Å². The van der Waals surface area contributed by atoms with Crippen LogP contribution in [0.4, 0.5) is 0 Å². The van der Waals surface area contributed by atoms with Crippen molar-refractivity contribution >= 4 is 17.5 Å². The Balaban J connectivity index is 1.95. The van der Waals surface area contributed by atoms with Crippen LogP contribution < -0.4 is 5.32 Å². The highest BCUT2D eigenvalue weighted by Gasteiger charge is 2.41. The molecule has 0 spiro atoms. The van der Waals surface area contributed by atoms with Crippen molar-refractivity contribution < 1.29 is 4.79 Å². The van der Waals surface area contributed by atoms with E-state index < -0.39 is 0 Å². The normalized spacial score (nSPS) is 16.6. The first kappa shape index (κ1) is 13.4. The Kier molecular flexibility index (Phi) is 3.95. The summed E-state index contributed by atoms with van der Waals surface area (Å²) in [5.74, 6) is 0.639. The number of hydrogen-bond acceptors (Lipinski definition) is 2. The second-order valence-corrected chi connectivity index (χ2v) is 5.49. The lowest BCUT2D eigenvalue weighted by Gasteiger charge is -2.14. The van der Waals surface area contributed by atoms with Gasteiger partial charge in [-0.15, -0.1) is 11.6 Å². The van der Waals surface area contributed by atoms with E-state index in [1.165, 1.54) is 12.8 Å². The predicted octanol–water partition coefficient (Wildman–Crippen LogP) is 2.35. The second kappa shape index (κ2) is 5.31. The van der Waals surface area contributed by atoms with E-state index in [0.717, 1.165) is 18.7 Å². The Morgan fingerprint density at radius 2 is 2.33 bits per heavy atom. The van der Waals surface area contributed by atoms with E-state index in [2.05, 4.69) is 10.4 Å². The predicted molar refractivity (Wildman–Crippen MR) is 72.0 cm³/mol. The largest absolute Gasteiger partial charge is 0.350 e. The first-order chi connectivity index (χ1) is 8.60. The van der Waals surface area contributed by atoms with Crippen molar-refractivity contribution in [1.82, 2.24) is 15.1 Å². The van der Waals surface area contributed by atoms with Gasteiger partial charge in [0, 0.05) is 19.0 Å². The lowest BCUT2D eigenvalue weighted by Crippen LogP contribution is -2.32. The van der Waals surface area contributed by atoms with Crippen LogP contribution in [0, 0.1) is 12.3 Å². The monoisotopic (exact) mass is 269 g/mol. The van der Waals surface area contributed by atoms with Crippen molar-refractivity contribution in [3.8, 4) is 0 Å². The maximum atomic E-state index is 12.1. The Labute approximate surface area is 113 Å². The molecule has 0 radical (unpaired) electrons. The molecule has 1 saturated carbocycles. The number of nitrogens with zero attached hydrogens (tertiary/aromatic N) is 2. The van der Waals surface area contributed by atoms with Crippen LogP contribution in [0.3, 0.4) is 0 Å². The number of nitrogens with one attached hydrogen (secondary N) is 1. The number of hydrogen-bond donors (Lipinski definition) is 1. The zero-order valence-corrected chi connectivity index (χ0v) is 11.8. The zero-order chi connectivity index (χ0) is 13.2. The van der Waals surface area contributed by atoms with Gasteiger partial charge in [-0.25, -0.2) is 0 Å². The molecule has 100 valence electrons. The number of carbonyl (C=O) groups is 1. The average Bonchev–Trinajstić information content (AvgIpc) is 3.01. The molecule has 1 aliphatic carbocycles. The van der Waals surface area contributed by atoms with E-state index in [1.54, 1.807) is 4.68 Å². The molecule has 1 heterocycles. The second-order valence-electron chi connectivity index (χ2n) is 5.11. The van der Waals surface area contributed by atoms with Crippen LogP contribution in [-0.2, 0) is 6.54 Å². The van der Waals surface area contributed by atoms with E-state index >= 15 is 0 Å². The van der Waals surface area contributed by atoms with Crippen LogP contribution in [0.15, 0.2) is 6.07 Å². The fraction of sp³-hybridized carbons (Fsp3) is 0.692. The van der Waals surface area contributed by atoms with Gasteiger partial charge >= 0.3 is 0 Å². The van der Waals surface area contributed by atoms with Crippen LogP contribution in [0.5, 0.6) is 0 Å². The minimum Gasteiger partial charge on any atom is -0.350 e. The molecule has 18 heavy (non-hydrogen) atoms. The first-order valence-corrected chi connectivity index (χ1v) is 7.02. The maximum absolute atomic E-state index is 12.1. The van der Waals surface area contributed by atoms with E-state index in [9.17, 15) is 4.79 Å². The van der Waals surface area contributed by atoms with Crippen molar-refractivity contribution in [1.29, 1.82) is 0 Å². The summed E-state index contributed by atoms with van der Waals surface area (Å²) < 4.78 is 1.74. The van der Waals surface area contributed by atoms with Crippen molar-refractivity contribution in [3.05, 3.63) is 17.5 Å². The van der Waals surface area contributed by atoms with Gasteiger partial charge in [0.15, 0.2) is 0 Å². The summed E-state index contributed by atoms with van der Waals surface area (Å²) in [5.41, 5.74) is 1.80. The highest BCUT2D eigenvalue weighted by Crippen LogP contribution is 2.48. The molecule has 5 heteroatoms. The molecule has 2 rings (SSSR count). The number of amides is 1. The fourth-order valence-corrected chi connectivity index (χ4v) is 2.62. The van der Waals surface area contributed by atoms with E-state index in [-0.39, 0.29) is 11.3 Å². The SMILES string of the molecule is CCn1nc(C)cc1C(=O)NCC1(CCCl)CC1. The van der Waals surface area contributed by atoms with Crippen LogP contribution >= 0.6 is 11.6 Å². The van der Waals surface area contributed by atoms with Crippen molar-refractivity contribution in [2.45, 2.75) is 39.7 Å². The van der Waals surface area contributed by atoms with E-state index in [0.29, 0.717) is 18.1 Å². The summed E-state index contributed by atoms with van der Waals surface area (Å²) in [6, 6.07) is 1.83. The minimum absolute atomic E-state index is 0.0294. The molecule has 4 nitrogen and oxygen atoms in total. The summed E-state index contributed by atoms with van der Waals surface area (Å²) in [7, 11) is 0. The topological polar surface area (TPSA) is 46.9 Å². The number of carbonyl (C=O) groups excluding carboxylic acids is 1. The minimum atomic E-state index is -0.0294. The van der Waals surface area contributed by atoms with Gasteiger partial charge in [0.25, 0.3) is 5.91 Å². The van der Waals surface area contributed by atoms with Gasteiger partial charge in [0.1, 0.15) is 5.69 Å². The molecule has 0 unspecified atom stereocenters. The summed E-state index contributed by atoms with van der Waals surface area (Å²) in [6.45, 7) is 5.33. The first-order valence-electron chi connectivity index (χ1n) is 6.49. The molecule has 0 saturated heterocycles. The van der Waals surface area contributed by atoms with E-state index in [1.807, 2.05) is 19.9 Å². The summed E-state index contributed by atoms with van der Waals surface area (Å²) in [5, 5.41) is 7.30. The number of aryl methyl sites for hydroxylation is 2. The Morgan fingerprint density at radius 3 is 2.89 bits per heavy atom. The molecule has 1 N–H and O–H groups in total. The summed E-state index contributed by atoms with van der Waals surface area (Å²) in [6.07, 6.45) is 3.33. The Bertz CT molecular complexity index is 437. The van der Waals surface area contributed by atoms with Gasteiger partial charge < -0.3 is 5.32 Å². The summed E-state index contributed by atoms with van der Waals surface area (Å²) in [4.78, 5) is 12.1. The van der Waals surface area contributed by atoms with Gasteiger partial charge in [0.05, 0.1) is 5.69 Å². The van der Waals surface area contributed by atoms with Crippen LogP contribution in [-0.4, -0.2) is 28.1 Å². The Hall–Kier alpha value is -1.03. The lowest BCUT2D eigenvalue weighted by molar-refractivity contribution is 0.0933. The number of halogens is 1. The molecule has 1 aliphatic rings. The van der Waals surface area contributed by atoms with Gasteiger partial charge in [-0.1, -0.05) is 0 Å². The third-order valence-electron chi connectivity index (χ3n) is 3.64. The third kappa shape index (κ3) is 2.86. The van der Waals surface area contributed by atoms with Crippen molar-refractivity contribution in [3.63, 3.8) is 0 Å². The number of alkyl halides is 1. The average molecular weight is 270 g/mol. The molecule has 1 aromatic rings. The molecule has 0 aliphatic heterocycles. The van der Waals surface area contributed by atoms with Crippen LogP contribution in [0.2, 0.25) is 0 Å². The standard InChI is InChI=1S/C13H20ClN3O/c1-3-17-11(8-10(2)16-17)12(18)15-9-13(4-5-13)6-7-14/h8H,3-7,9H2,1-2H3,(H,15,18). The van der Waals surface area contributed by atoms with Crippen LogP contribution in [0.1, 0.15) is 42.4 Å². The number of aromatic nitrogens is 2. The highest BCUT2D eigenvalue weighted by molar-refractivity contribution is 6.17. The molecule has 0 bridgehead atoms. The molecule has 1 fully saturated rings. The highest BCUT2D eigenvalue weighted by atomic mass is 35.5. The fourth-order valence-electron chi connectivity index (χ4n) is 2.22. The molecular formula is C13H20ClN3O. The zero-order valence-electron chi connectivity index (χ0n) is 11.0. The molecule has 0 aromatic carbocycles. The smallest absolute Gasteiger partial charge is 0.269 e. The third-order valence-corrected chi connectivity index (χ3v) is 3.83. The Morgan fingerprint density at radius 1 is 1.61 bits per heavy atom. The lowest BCUT2D eigenvalue weighted by atomic mass is 10.0. The quantitative estimate of drug-likeness (QED) is 0.806. The summed E-state index contributed by atoms with van der Waals surface area (Å²) >= 11 is 5.78. The van der Waals surface area contributed by atoms with Gasteiger partial charge in [0.2, 0.25) is 0 Å². The van der Waals surface area contributed by atoms with Gasteiger partial charge in [-0.05, 0) is 44.6 Å². The van der Waals surface area contributed by atoms with Crippen molar-refractivity contribution in [2.75, 3.05) is 12.4 Å². The van der Waals surface area contributed by atoms with Crippen LogP contribution in [0.25, 0.3) is 0 Å². The molecular weight excluding hydrogens is 250 g/mol. The molecule has 0 atom stereocenters.